The molecule has 0 fully saturated rings. The largest absolute Gasteiger partial charge is 0.492 e. The van der Waals surface area contributed by atoms with Crippen molar-refractivity contribution in [3.63, 3.8) is 0 Å². The van der Waals surface area contributed by atoms with Gasteiger partial charge in [0, 0.05) is 24.0 Å². The molecule has 0 unspecified atom stereocenters. The summed E-state index contributed by atoms with van der Waals surface area (Å²) in [5.74, 6) is 1.22. The van der Waals surface area contributed by atoms with Crippen molar-refractivity contribution in [2.24, 2.45) is 5.92 Å². The maximum atomic E-state index is 12.4. The number of hydrogen-bond acceptors (Lipinski definition) is 5. The van der Waals surface area contributed by atoms with Gasteiger partial charge in [-0.3, -0.25) is 9.78 Å². The number of benzene rings is 1. The number of rotatable bonds is 4. The van der Waals surface area contributed by atoms with Crippen LogP contribution in [0.15, 0.2) is 59.4 Å². The molecule has 0 radical (unpaired) electrons. The van der Waals surface area contributed by atoms with E-state index in [9.17, 15) is 4.79 Å². The van der Waals surface area contributed by atoms with Crippen LogP contribution in [0.2, 0.25) is 0 Å². The molecular formula is C19H17N3O3. The summed E-state index contributed by atoms with van der Waals surface area (Å²) < 4.78 is 11.0. The summed E-state index contributed by atoms with van der Waals surface area (Å²) in [5, 5.41) is 6.91. The topological polar surface area (TPSA) is 77.3 Å². The molecule has 25 heavy (non-hydrogen) atoms. The molecule has 1 atom stereocenters. The van der Waals surface area contributed by atoms with Crippen molar-refractivity contribution in [3.05, 3.63) is 66.2 Å². The lowest BCUT2D eigenvalue weighted by molar-refractivity contribution is -0.126. The van der Waals surface area contributed by atoms with Crippen molar-refractivity contribution >= 4 is 5.91 Å². The second-order valence-corrected chi connectivity index (χ2v) is 5.96. The fourth-order valence-electron chi connectivity index (χ4n) is 2.86. The Balaban J connectivity index is 1.36. The van der Waals surface area contributed by atoms with Gasteiger partial charge in [0.25, 0.3) is 0 Å². The Morgan fingerprint density at radius 2 is 2.16 bits per heavy atom. The molecule has 1 aromatic carbocycles. The summed E-state index contributed by atoms with van der Waals surface area (Å²) in [6, 6.07) is 13.4. The van der Waals surface area contributed by atoms with Crippen molar-refractivity contribution in [1.82, 2.24) is 15.5 Å². The first-order valence-corrected chi connectivity index (χ1v) is 8.14. The normalized spacial score (nSPS) is 15.9. The van der Waals surface area contributed by atoms with Crippen LogP contribution in [0.1, 0.15) is 11.3 Å². The van der Waals surface area contributed by atoms with Gasteiger partial charge in [-0.1, -0.05) is 23.4 Å². The van der Waals surface area contributed by atoms with Crippen molar-refractivity contribution in [3.8, 4) is 17.0 Å². The molecule has 0 saturated carbocycles. The predicted octanol–water partition coefficient (Wildman–Crippen LogP) is 2.60. The maximum absolute atomic E-state index is 12.4. The van der Waals surface area contributed by atoms with Gasteiger partial charge in [-0.05, 0) is 30.2 Å². The van der Waals surface area contributed by atoms with Gasteiger partial charge >= 0.3 is 0 Å². The van der Waals surface area contributed by atoms with Gasteiger partial charge in [0.1, 0.15) is 18.1 Å². The molecule has 3 heterocycles. The van der Waals surface area contributed by atoms with E-state index < -0.39 is 0 Å². The highest BCUT2D eigenvalue weighted by molar-refractivity contribution is 5.79. The molecule has 1 aliphatic heterocycles. The fourth-order valence-corrected chi connectivity index (χ4v) is 2.86. The van der Waals surface area contributed by atoms with E-state index in [2.05, 4.69) is 15.5 Å². The number of nitrogens with zero attached hydrogens (tertiary/aromatic N) is 2. The lowest BCUT2D eigenvalue weighted by Gasteiger charge is -2.24. The van der Waals surface area contributed by atoms with E-state index in [1.807, 2.05) is 42.5 Å². The molecule has 6 heteroatoms. The van der Waals surface area contributed by atoms with Crippen LogP contribution in [0.4, 0.5) is 0 Å². The zero-order valence-electron chi connectivity index (χ0n) is 13.5. The zero-order chi connectivity index (χ0) is 17.1. The van der Waals surface area contributed by atoms with E-state index in [0.717, 1.165) is 16.9 Å². The Morgan fingerprint density at radius 3 is 3.04 bits per heavy atom. The van der Waals surface area contributed by atoms with Crippen molar-refractivity contribution in [2.75, 3.05) is 6.61 Å². The average molecular weight is 335 g/mol. The van der Waals surface area contributed by atoms with Crippen LogP contribution in [0, 0.1) is 5.92 Å². The summed E-state index contributed by atoms with van der Waals surface area (Å²) >= 11 is 0. The first-order valence-electron chi connectivity index (χ1n) is 8.14. The fraction of sp³-hybridized carbons (Fsp3) is 0.211. The van der Waals surface area contributed by atoms with E-state index >= 15 is 0 Å². The lowest BCUT2D eigenvalue weighted by Crippen LogP contribution is -2.36. The maximum Gasteiger partial charge on any atom is 0.227 e. The van der Waals surface area contributed by atoms with Crippen LogP contribution >= 0.6 is 0 Å². The molecule has 1 amide bonds. The van der Waals surface area contributed by atoms with Gasteiger partial charge in [0.2, 0.25) is 5.91 Å². The Hall–Kier alpha value is -3.15. The second-order valence-electron chi connectivity index (χ2n) is 5.96. The quantitative estimate of drug-likeness (QED) is 0.793. The van der Waals surface area contributed by atoms with Crippen LogP contribution in [0.5, 0.6) is 5.75 Å². The van der Waals surface area contributed by atoms with E-state index in [4.69, 9.17) is 9.26 Å². The molecule has 0 aliphatic carbocycles. The summed E-state index contributed by atoms with van der Waals surface area (Å²) in [7, 11) is 0. The third-order valence-corrected chi connectivity index (χ3v) is 4.20. The highest BCUT2D eigenvalue weighted by Gasteiger charge is 2.25. The van der Waals surface area contributed by atoms with Crippen LogP contribution in [0.3, 0.4) is 0 Å². The van der Waals surface area contributed by atoms with E-state index in [1.165, 1.54) is 0 Å². The second kappa shape index (κ2) is 6.76. The number of para-hydroxylation sites is 1. The molecule has 6 nitrogen and oxygen atoms in total. The Morgan fingerprint density at radius 1 is 1.24 bits per heavy atom. The monoisotopic (exact) mass is 335 g/mol. The van der Waals surface area contributed by atoms with Crippen molar-refractivity contribution in [1.29, 1.82) is 0 Å². The molecule has 4 rings (SSSR count). The highest BCUT2D eigenvalue weighted by Crippen LogP contribution is 2.27. The molecule has 3 aromatic rings. The minimum atomic E-state index is -0.199. The lowest BCUT2D eigenvalue weighted by atomic mass is 9.96. The van der Waals surface area contributed by atoms with Crippen LogP contribution in [0.25, 0.3) is 11.3 Å². The number of amides is 1. The standard InChI is InChI=1S/C19H17N3O3/c23-19(15-8-13-4-1-2-6-18(13)24-12-15)21-11-16-9-17(22-25-16)14-5-3-7-20-10-14/h1-7,9-10,15H,8,11-12H2,(H,21,23)/t15-/m0/s1. The number of pyridine rings is 1. The van der Waals surface area contributed by atoms with Gasteiger partial charge in [-0.2, -0.15) is 0 Å². The Kier molecular flexibility index (Phi) is 4.16. The van der Waals surface area contributed by atoms with Crippen LogP contribution in [-0.4, -0.2) is 22.7 Å². The molecular weight excluding hydrogens is 318 g/mol. The number of aromatic nitrogens is 2. The molecule has 126 valence electrons. The molecule has 0 bridgehead atoms. The van der Waals surface area contributed by atoms with E-state index in [1.54, 1.807) is 12.4 Å². The summed E-state index contributed by atoms with van der Waals surface area (Å²) in [4.78, 5) is 16.5. The highest BCUT2D eigenvalue weighted by atomic mass is 16.5. The first-order chi connectivity index (χ1) is 12.3. The predicted molar refractivity (Wildman–Crippen MR) is 90.7 cm³/mol. The Labute approximate surface area is 144 Å². The minimum absolute atomic E-state index is 0.0474. The van der Waals surface area contributed by atoms with Crippen molar-refractivity contribution in [2.45, 2.75) is 13.0 Å². The summed E-state index contributed by atoms with van der Waals surface area (Å²) in [5.41, 5.74) is 2.64. The Bertz CT molecular complexity index is 876. The molecule has 2 aromatic heterocycles. The zero-order valence-corrected chi connectivity index (χ0v) is 13.5. The number of ether oxygens (including phenoxy) is 1. The van der Waals surface area contributed by atoms with Gasteiger partial charge in [-0.15, -0.1) is 0 Å². The number of hydrogen-bond donors (Lipinski definition) is 1. The average Bonchev–Trinajstić information content (AvgIpc) is 3.15. The summed E-state index contributed by atoms with van der Waals surface area (Å²) in [6.45, 7) is 0.685. The number of nitrogens with one attached hydrogen (secondary N) is 1. The summed E-state index contributed by atoms with van der Waals surface area (Å²) in [6.07, 6.45) is 4.10. The first kappa shape index (κ1) is 15.4. The molecule has 1 aliphatic rings. The van der Waals surface area contributed by atoms with Crippen LogP contribution in [-0.2, 0) is 17.8 Å². The number of fused-ring (bicyclic) bond motifs is 1. The van der Waals surface area contributed by atoms with Gasteiger partial charge in [0.05, 0.1) is 12.5 Å². The van der Waals surface area contributed by atoms with Crippen LogP contribution < -0.4 is 10.1 Å². The minimum Gasteiger partial charge on any atom is -0.492 e. The van der Waals surface area contributed by atoms with E-state index in [0.29, 0.717) is 31.0 Å². The smallest absolute Gasteiger partial charge is 0.227 e. The molecule has 0 saturated heterocycles. The number of carbonyl (C=O) groups excluding carboxylic acids is 1. The SMILES string of the molecule is O=C(NCc1cc(-c2cccnc2)no1)[C@@H]1COc2ccccc2C1. The third-order valence-electron chi connectivity index (χ3n) is 4.20. The van der Waals surface area contributed by atoms with Gasteiger partial charge in [-0.25, -0.2) is 0 Å². The number of carbonyl (C=O) groups is 1. The molecule has 0 spiro atoms. The van der Waals surface area contributed by atoms with Gasteiger partial charge in [0.15, 0.2) is 5.76 Å². The van der Waals surface area contributed by atoms with Gasteiger partial charge < -0.3 is 14.6 Å². The third kappa shape index (κ3) is 3.38. The van der Waals surface area contributed by atoms with Crippen molar-refractivity contribution < 1.29 is 14.1 Å². The van der Waals surface area contributed by atoms with E-state index in [-0.39, 0.29) is 11.8 Å². The molecule has 1 N–H and O–H groups in total.